The number of hydrogen-bond donors (Lipinski definition) is 0. The second-order valence-corrected chi connectivity index (χ2v) is 8.60. The van der Waals surface area contributed by atoms with Gasteiger partial charge >= 0.3 is 6.18 Å². The van der Waals surface area contributed by atoms with E-state index in [1.165, 1.54) is 16.4 Å². The summed E-state index contributed by atoms with van der Waals surface area (Å²) in [5.41, 5.74) is 0.0187. The van der Waals surface area contributed by atoms with Crippen molar-refractivity contribution in [3.05, 3.63) is 41.9 Å². The minimum Gasteiger partial charge on any atom is -0.234 e. The number of fused-ring (bicyclic) bond motifs is 1. The first kappa shape index (κ1) is 19.8. The van der Waals surface area contributed by atoms with Crippen LogP contribution in [0, 0.1) is 0 Å². The Morgan fingerprint density at radius 3 is 2.74 bits per heavy atom. The lowest BCUT2D eigenvalue weighted by molar-refractivity contribution is -0.142. The summed E-state index contributed by atoms with van der Waals surface area (Å²) >= 11 is 0. The predicted molar refractivity (Wildman–Crippen MR) is 94.9 cm³/mol. The lowest BCUT2D eigenvalue weighted by Gasteiger charge is -2.30. The molecule has 1 fully saturated rings. The van der Waals surface area contributed by atoms with Crippen molar-refractivity contribution in [1.29, 1.82) is 0 Å². The summed E-state index contributed by atoms with van der Waals surface area (Å²) in [4.78, 5) is 4.24. The molecule has 1 atom stereocenters. The highest BCUT2D eigenvalue weighted by Crippen LogP contribution is 2.32. The predicted octanol–water partition coefficient (Wildman–Crippen LogP) is 3.01. The topological polar surface area (TPSA) is 67.6 Å². The molecule has 0 amide bonds. The molecule has 0 spiro atoms. The molecule has 3 rings (SSSR count). The fourth-order valence-electron chi connectivity index (χ4n) is 3.32. The molecule has 10 heteroatoms. The summed E-state index contributed by atoms with van der Waals surface area (Å²) < 4.78 is 66.9. The van der Waals surface area contributed by atoms with E-state index in [0.29, 0.717) is 37.2 Å². The third-order valence-electron chi connectivity index (χ3n) is 4.68. The molecule has 0 unspecified atom stereocenters. The van der Waals surface area contributed by atoms with Crippen LogP contribution in [0.5, 0.6) is 0 Å². The van der Waals surface area contributed by atoms with E-state index in [4.69, 9.17) is 0 Å². The van der Waals surface area contributed by atoms with E-state index in [1.807, 2.05) is 0 Å². The summed E-state index contributed by atoms with van der Waals surface area (Å²) in [7, 11) is -3.46. The maximum Gasteiger partial charge on any atom is 0.433 e. The third kappa shape index (κ3) is 4.01. The number of aromatic nitrogens is 3. The second-order valence-electron chi connectivity index (χ2n) is 6.59. The quantitative estimate of drug-likeness (QED) is 0.721. The van der Waals surface area contributed by atoms with Gasteiger partial charge in [-0.25, -0.2) is 22.2 Å². The minimum atomic E-state index is -4.56. The van der Waals surface area contributed by atoms with Gasteiger partial charge in [0.05, 0.1) is 11.4 Å². The summed E-state index contributed by atoms with van der Waals surface area (Å²) in [6, 6.07) is 2.54. The Balaban J connectivity index is 1.99. The average Bonchev–Trinajstić information content (AvgIpc) is 3.04. The molecular formula is C17H21F3N4O2S. The van der Waals surface area contributed by atoms with Crippen molar-refractivity contribution in [3.63, 3.8) is 0 Å². The van der Waals surface area contributed by atoms with E-state index in [-0.39, 0.29) is 23.9 Å². The molecule has 3 heterocycles. The fraction of sp³-hybridized carbons (Fsp3) is 0.529. The van der Waals surface area contributed by atoms with E-state index >= 15 is 0 Å². The van der Waals surface area contributed by atoms with Gasteiger partial charge in [-0.1, -0.05) is 13.0 Å². The smallest absolute Gasteiger partial charge is 0.234 e. The molecule has 2 aromatic rings. The van der Waals surface area contributed by atoms with Gasteiger partial charge in [-0.3, -0.25) is 0 Å². The highest BCUT2D eigenvalue weighted by atomic mass is 32.2. The van der Waals surface area contributed by atoms with Crippen LogP contribution >= 0.6 is 0 Å². The molecular weight excluding hydrogens is 381 g/mol. The number of piperidine rings is 1. The molecule has 0 bridgehead atoms. The number of hydrogen-bond acceptors (Lipinski definition) is 4. The molecule has 1 saturated heterocycles. The Bertz CT molecular complexity index is 953. The van der Waals surface area contributed by atoms with Gasteiger partial charge in [-0.2, -0.15) is 18.3 Å². The summed E-state index contributed by atoms with van der Waals surface area (Å²) in [6.45, 7) is 5.79. The Morgan fingerprint density at radius 2 is 2.11 bits per heavy atom. The largest absolute Gasteiger partial charge is 0.433 e. The highest BCUT2D eigenvalue weighted by Gasteiger charge is 2.36. The first-order valence-electron chi connectivity index (χ1n) is 8.71. The standard InChI is InChI=1S/C17H21F3N4O2S/c1-3-8-27(25,26)23-7-5-6-12(11-23)14-10-16-21-13(4-2)9-15(17(18,19)20)24(16)22-14/h3,9-10,12H,1,4-8,11H2,2H3/t12-/m1/s1. The van der Waals surface area contributed by atoms with Gasteiger partial charge in [0, 0.05) is 30.8 Å². The van der Waals surface area contributed by atoms with E-state index in [9.17, 15) is 21.6 Å². The Labute approximate surface area is 155 Å². The van der Waals surface area contributed by atoms with Crippen molar-refractivity contribution in [2.45, 2.75) is 38.3 Å². The van der Waals surface area contributed by atoms with Crippen LogP contribution in [0.25, 0.3) is 5.65 Å². The maximum atomic E-state index is 13.4. The van der Waals surface area contributed by atoms with E-state index in [2.05, 4.69) is 16.7 Å². The van der Waals surface area contributed by atoms with Crippen molar-refractivity contribution >= 4 is 15.7 Å². The molecule has 0 radical (unpaired) electrons. The number of alkyl halides is 3. The van der Waals surface area contributed by atoms with Gasteiger partial charge in [0.2, 0.25) is 10.0 Å². The van der Waals surface area contributed by atoms with Crippen LogP contribution in [-0.2, 0) is 22.6 Å². The zero-order valence-electron chi connectivity index (χ0n) is 14.9. The molecule has 0 saturated carbocycles. The van der Waals surface area contributed by atoms with Gasteiger partial charge in [0.1, 0.15) is 5.69 Å². The molecule has 0 aromatic carbocycles. The molecule has 1 aliphatic heterocycles. The van der Waals surface area contributed by atoms with Crippen LogP contribution in [0.3, 0.4) is 0 Å². The molecule has 148 valence electrons. The number of rotatable bonds is 5. The molecule has 0 aliphatic carbocycles. The van der Waals surface area contributed by atoms with E-state index in [1.54, 1.807) is 6.92 Å². The first-order valence-corrected chi connectivity index (χ1v) is 10.3. The lowest BCUT2D eigenvalue weighted by Crippen LogP contribution is -2.40. The Kier molecular flexibility index (Phi) is 5.31. The molecule has 2 aromatic heterocycles. The second kappa shape index (κ2) is 7.23. The highest BCUT2D eigenvalue weighted by molar-refractivity contribution is 7.89. The van der Waals surface area contributed by atoms with Crippen LogP contribution in [0.15, 0.2) is 24.8 Å². The average molecular weight is 402 g/mol. The SMILES string of the molecule is C=CCS(=O)(=O)N1CCC[C@@H](c2cc3nc(CC)cc(C(F)(F)F)n3n2)C1. The van der Waals surface area contributed by atoms with Gasteiger partial charge in [0.25, 0.3) is 0 Å². The van der Waals surface area contributed by atoms with Crippen molar-refractivity contribution in [3.8, 4) is 0 Å². The number of aryl methyl sites for hydroxylation is 1. The summed E-state index contributed by atoms with van der Waals surface area (Å²) in [6.07, 6.45) is -1.58. The molecule has 27 heavy (non-hydrogen) atoms. The van der Waals surface area contributed by atoms with Crippen LogP contribution in [0.4, 0.5) is 13.2 Å². The van der Waals surface area contributed by atoms with Gasteiger partial charge in [-0.05, 0) is 25.3 Å². The van der Waals surface area contributed by atoms with Crippen molar-refractivity contribution < 1.29 is 21.6 Å². The summed E-state index contributed by atoms with van der Waals surface area (Å²) in [5.74, 6) is -0.434. The number of halogens is 3. The van der Waals surface area contributed by atoms with Gasteiger partial charge < -0.3 is 0 Å². The normalized spacial score (nSPS) is 19.5. The lowest BCUT2D eigenvalue weighted by atomic mass is 9.96. The first-order chi connectivity index (χ1) is 12.7. The molecule has 0 N–H and O–H groups in total. The van der Waals surface area contributed by atoms with Crippen LogP contribution in [-0.4, -0.2) is 46.2 Å². The molecule has 6 nitrogen and oxygen atoms in total. The van der Waals surface area contributed by atoms with E-state index in [0.717, 1.165) is 10.6 Å². The minimum absolute atomic E-state index is 0.128. The summed E-state index contributed by atoms with van der Waals surface area (Å²) in [5, 5.41) is 4.13. The zero-order valence-corrected chi connectivity index (χ0v) is 15.7. The Hall–Kier alpha value is -1.94. The third-order valence-corrected chi connectivity index (χ3v) is 6.45. The van der Waals surface area contributed by atoms with Crippen LogP contribution in [0.2, 0.25) is 0 Å². The Morgan fingerprint density at radius 1 is 1.37 bits per heavy atom. The zero-order chi connectivity index (χ0) is 19.8. The van der Waals surface area contributed by atoms with Crippen molar-refractivity contribution in [2.75, 3.05) is 18.8 Å². The molecule has 1 aliphatic rings. The van der Waals surface area contributed by atoms with Gasteiger partial charge in [0.15, 0.2) is 5.65 Å². The van der Waals surface area contributed by atoms with Crippen LogP contribution in [0.1, 0.15) is 42.8 Å². The number of sulfonamides is 1. The van der Waals surface area contributed by atoms with Gasteiger partial charge in [-0.15, -0.1) is 6.58 Å². The van der Waals surface area contributed by atoms with Crippen LogP contribution < -0.4 is 0 Å². The van der Waals surface area contributed by atoms with Crippen molar-refractivity contribution in [1.82, 2.24) is 18.9 Å². The fourth-order valence-corrected chi connectivity index (χ4v) is 4.64. The van der Waals surface area contributed by atoms with Crippen molar-refractivity contribution in [2.24, 2.45) is 0 Å². The van der Waals surface area contributed by atoms with E-state index < -0.39 is 21.9 Å². The number of nitrogens with zero attached hydrogens (tertiary/aromatic N) is 4. The maximum absolute atomic E-state index is 13.4. The monoisotopic (exact) mass is 402 g/mol.